The summed E-state index contributed by atoms with van der Waals surface area (Å²) in [6.07, 6.45) is 5.52. The molecule has 2 aromatic rings. The highest BCUT2D eigenvalue weighted by Crippen LogP contribution is 2.18. The van der Waals surface area contributed by atoms with E-state index in [1.165, 1.54) is 0 Å². The zero-order valence-electron chi connectivity index (χ0n) is 11.8. The number of hydrogen-bond donors (Lipinski definition) is 2. The van der Waals surface area contributed by atoms with Crippen molar-refractivity contribution in [3.05, 3.63) is 42.7 Å². The van der Waals surface area contributed by atoms with Gasteiger partial charge in [0.1, 0.15) is 0 Å². The van der Waals surface area contributed by atoms with Gasteiger partial charge in [0.2, 0.25) is 0 Å². The summed E-state index contributed by atoms with van der Waals surface area (Å²) in [5.41, 5.74) is 7.41. The number of nitrogens with zero attached hydrogens (tertiary/aromatic N) is 3. The summed E-state index contributed by atoms with van der Waals surface area (Å²) < 4.78 is 1.83. The molecule has 0 atom stereocenters. The second kappa shape index (κ2) is 5.87. The van der Waals surface area contributed by atoms with E-state index in [4.69, 9.17) is 5.73 Å². The maximum Gasteiger partial charge on any atom is 0.314 e. The number of hydrogen-bond acceptors (Lipinski definition) is 3. The van der Waals surface area contributed by atoms with Crippen LogP contribution in [0, 0.1) is 0 Å². The Morgan fingerprint density at radius 3 is 2.52 bits per heavy atom. The smallest absolute Gasteiger partial charge is 0.314 e. The second-order valence-electron chi connectivity index (χ2n) is 5.24. The van der Waals surface area contributed by atoms with E-state index in [9.17, 15) is 4.79 Å². The number of primary amides is 1. The molecule has 3 rings (SSSR count). The molecule has 1 aromatic heterocycles. The maximum atomic E-state index is 11.1. The average Bonchev–Trinajstić information content (AvgIpc) is 3.03. The number of rotatable bonds is 3. The highest BCUT2D eigenvalue weighted by atomic mass is 16.2. The van der Waals surface area contributed by atoms with Crippen molar-refractivity contribution in [2.75, 3.05) is 18.4 Å². The van der Waals surface area contributed by atoms with Gasteiger partial charge in [0.15, 0.2) is 0 Å². The number of nitrogens with two attached hydrogens (primary N) is 1. The van der Waals surface area contributed by atoms with Crippen LogP contribution in [0.25, 0.3) is 5.69 Å². The molecule has 1 fully saturated rings. The van der Waals surface area contributed by atoms with Crippen molar-refractivity contribution in [3.63, 3.8) is 0 Å². The molecule has 0 aliphatic carbocycles. The SMILES string of the molecule is NC(=O)N1CCC(Nc2ccc(-n3cccn3)cc2)CC1. The predicted octanol–water partition coefficient (Wildman–Crippen LogP) is 1.83. The first kappa shape index (κ1) is 13.5. The predicted molar refractivity (Wildman–Crippen MR) is 81.4 cm³/mol. The molecule has 0 saturated carbocycles. The fourth-order valence-electron chi connectivity index (χ4n) is 2.61. The molecule has 6 heteroatoms. The van der Waals surface area contributed by atoms with Crippen molar-refractivity contribution in [1.82, 2.24) is 14.7 Å². The van der Waals surface area contributed by atoms with E-state index in [1.54, 1.807) is 11.1 Å². The molecule has 1 aliphatic rings. The quantitative estimate of drug-likeness (QED) is 0.903. The van der Waals surface area contributed by atoms with Gasteiger partial charge in [-0.05, 0) is 43.2 Å². The molecule has 2 amide bonds. The summed E-state index contributed by atoms with van der Waals surface area (Å²) in [5, 5.41) is 7.71. The Kier molecular flexibility index (Phi) is 3.77. The molecule has 0 unspecified atom stereocenters. The zero-order valence-corrected chi connectivity index (χ0v) is 11.8. The van der Waals surface area contributed by atoms with E-state index in [-0.39, 0.29) is 6.03 Å². The standard InChI is InChI=1S/C15H19N5O/c16-15(21)19-10-6-13(7-11-19)18-12-2-4-14(5-3-12)20-9-1-8-17-20/h1-5,8-9,13,18H,6-7,10-11H2,(H2,16,21). The lowest BCUT2D eigenvalue weighted by atomic mass is 10.0. The zero-order chi connectivity index (χ0) is 14.7. The van der Waals surface area contributed by atoms with Crippen molar-refractivity contribution in [2.45, 2.75) is 18.9 Å². The molecule has 1 aromatic carbocycles. The van der Waals surface area contributed by atoms with E-state index in [0.29, 0.717) is 6.04 Å². The minimum atomic E-state index is -0.322. The van der Waals surface area contributed by atoms with Crippen LogP contribution in [-0.4, -0.2) is 39.8 Å². The highest BCUT2D eigenvalue weighted by molar-refractivity contribution is 5.72. The number of likely N-dealkylation sites (tertiary alicyclic amines) is 1. The van der Waals surface area contributed by atoms with Crippen molar-refractivity contribution in [3.8, 4) is 5.69 Å². The van der Waals surface area contributed by atoms with Crippen molar-refractivity contribution in [1.29, 1.82) is 0 Å². The van der Waals surface area contributed by atoms with Crippen LogP contribution in [0.3, 0.4) is 0 Å². The Morgan fingerprint density at radius 1 is 1.24 bits per heavy atom. The molecule has 2 heterocycles. The number of carbonyl (C=O) groups excluding carboxylic acids is 1. The molecule has 0 radical (unpaired) electrons. The van der Waals surface area contributed by atoms with Crippen LogP contribution in [0.4, 0.5) is 10.5 Å². The summed E-state index contributed by atoms with van der Waals surface area (Å²) in [6.45, 7) is 1.44. The lowest BCUT2D eigenvalue weighted by Gasteiger charge is -2.31. The van der Waals surface area contributed by atoms with E-state index in [1.807, 2.05) is 29.1 Å². The van der Waals surface area contributed by atoms with Gasteiger partial charge in [-0.1, -0.05) is 0 Å². The summed E-state index contributed by atoms with van der Waals surface area (Å²) in [4.78, 5) is 12.8. The number of nitrogens with one attached hydrogen (secondary N) is 1. The van der Waals surface area contributed by atoms with Gasteiger partial charge < -0.3 is 16.0 Å². The van der Waals surface area contributed by atoms with Gasteiger partial charge in [0, 0.05) is 37.2 Å². The number of anilines is 1. The fourth-order valence-corrected chi connectivity index (χ4v) is 2.61. The summed E-state index contributed by atoms with van der Waals surface area (Å²) in [6, 6.07) is 10.1. The van der Waals surface area contributed by atoms with E-state index < -0.39 is 0 Å². The Bertz CT molecular complexity index is 585. The third kappa shape index (κ3) is 3.16. The Hall–Kier alpha value is -2.50. The Morgan fingerprint density at radius 2 is 1.95 bits per heavy atom. The van der Waals surface area contributed by atoms with Crippen LogP contribution >= 0.6 is 0 Å². The first-order valence-electron chi connectivity index (χ1n) is 7.13. The van der Waals surface area contributed by atoms with E-state index in [2.05, 4.69) is 22.5 Å². The third-order valence-corrected chi connectivity index (χ3v) is 3.81. The minimum Gasteiger partial charge on any atom is -0.382 e. The Balaban J connectivity index is 1.58. The molecule has 21 heavy (non-hydrogen) atoms. The monoisotopic (exact) mass is 285 g/mol. The molecule has 1 aliphatic heterocycles. The molecular weight excluding hydrogens is 266 g/mol. The van der Waals surface area contributed by atoms with Crippen LogP contribution < -0.4 is 11.1 Å². The first-order valence-corrected chi connectivity index (χ1v) is 7.13. The van der Waals surface area contributed by atoms with Gasteiger partial charge >= 0.3 is 6.03 Å². The van der Waals surface area contributed by atoms with Crippen molar-refractivity contribution in [2.24, 2.45) is 5.73 Å². The lowest BCUT2D eigenvalue weighted by molar-refractivity contribution is 0.193. The summed E-state index contributed by atoms with van der Waals surface area (Å²) >= 11 is 0. The van der Waals surface area contributed by atoms with Gasteiger partial charge in [0.05, 0.1) is 5.69 Å². The molecule has 1 saturated heterocycles. The molecule has 3 N–H and O–H groups in total. The molecule has 0 bridgehead atoms. The van der Waals surface area contributed by atoms with Gasteiger partial charge in [-0.25, -0.2) is 9.48 Å². The number of urea groups is 1. The van der Waals surface area contributed by atoms with Crippen LogP contribution in [0.15, 0.2) is 42.7 Å². The second-order valence-corrected chi connectivity index (χ2v) is 5.24. The highest BCUT2D eigenvalue weighted by Gasteiger charge is 2.20. The van der Waals surface area contributed by atoms with Crippen LogP contribution in [0.1, 0.15) is 12.8 Å². The van der Waals surface area contributed by atoms with Crippen molar-refractivity contribution >= 4 is 11.7 Å². The molecule has 0 spiro atoms. The number of aromatic nitrogens is 2. The Labute approximate surface area is 123 Å². The van der Waals surface area contributed by atoms with Crippen LogP contribution in [0.2, 0.25) is 0 Å². The number of piperidine rings is 1. The average molecular weight is 285 g/mol. The van der Waals surface area contributed by atoms with Crippen molar-refractivity contribution < 1.29 is 4.79 Å². The molecular formula is C15H19N5O. The van der Waals surface area contributed by atoms with Crippen LogP contribution in [-0.2, 0) is 0 Å². The van der Waals surface area contributed by atoms with Gasteiger partial charge in [0.25, 0.3) is 0 Å². The summed E-state index contributed by atoms with van der Waals surface area (Å²) in [5.74, 6) is 0. The van der Waals surface area contributed by atoms with Gasteiger partial charge in [-0.2, -0.15) is 5.10 Å². The van der Waals surface area contributed by atoms with E-state index in [0.717, 1.165) is 37.3 Å². The number of benzene rings is 1. The van der Waals surface area contributed by atoms with Gasteiger partial charge in [-0.3, -0.25) is 0 Å². The third-order valence-electron chi connectivity index (χ3n) is 3.81. The van der Waals surface area contributed by atoms with Crippen LogP contribution in [0.5, 0.6) is 0 Å². The molecule has 110 valence electrons. The van der Waals surface area contributed by atoms with E-state index >= 15 is 0 Å². The fraction of sp³-hybridized carbons (Fsp3) is 0.333. The largest absolute Gasteiger partial charge is 0.382 e. The minimum absolute atomic E-state index is 0.322. The number of carbonyl (C=O) groups is 1. The number of amides is 2. The lowest BCUT2D eigenvalue weighted by Crippen LogP contribution is -2.44. The topological polar surface area (TPSA) is 76.2 Å². The van der Waals surface area contributed by atoms with Gasteiger partial charge in [-0.15, -0.1) is 0 Å². The maximum absolute atomic E-state index is 11.1. The normalized spacial score (nSPS) is 15.9. The summed E-state index contributed by atoms with van der Waals surface area (Å²) in [7, 11) is 0. The first-order chi connectivity index (χ1) is 10.2. The molecule has 6 nitrogen and oxygen atoms in total.